The van der Waals surface area contributed by atoms with E-state index in [1.54, 1.807) is 0 Å². The summed E-state index contributed by atoms with van der Waals surface area (Å²) in [6.45, 7) is 2.57. The molecular weight excluding hydrogens is 250 g/mol. The SMILES string of the molecule is CCOCC(=O)NC(c1ccc(Cl)cc1)C1CC1. The van der Waals surface area contributed by atoms with Gasteiger partial charge in [-0.1, -0.05) is 23.7 Å². The summed E-state index contributed by atoms with van der Waals surface area (Å²) in [5.74, 6) is 0.500. The molecule has 1 N–H and O–H groups in total. The molecule has 2 rings (SSSR count). The van der Waals surface area contributed by atoms with Gasteiger partial charge in [0.1, 0.15) is 6.61 Å². The molecule has 0 bridgehead atoms. The van der Waals surface area contributed by atoms with Crippen LogP contribution in [0.25, 0.3) is 0 Å². The van der Waals surface area contributed by atoms with Crippen molar-refractivity contribution < 1.29 is 9.53 Å². The van der Waals surface area contributed by atoms with Crippen LogP contribution in [0.15, 0.2) is 24.3 Å². The summed E-state index contributed by atoms with van der Waals surface area (Å²) in [6.07, 6.45) is 2.34. The molecule has 0 spiro atoms. The van der Waals surface area contributed by atoms with Gasteiger partial charge in [0.05, 0.1) is 6.04 Å². The van der Waals surface area contributed by atoms with E-state index in [0.717, 1.165) is 5.56 Å². The fraction of sp³-hybridized carbons (Fsp3) is 0.500. The summed E-state index contributed by atoms with van der Waals surface area (Å²) >= 11 is 5.88. The molecule has 4 heteroatoms. The Bertz CT molecular complexity index is 401. The fourth-order valence-electron chi connectivity index (χ4n) is 1.98. The van der Waals surface area contributed by atoms with Gasteiger partial charge in [-0.15, -0.1) is 0 Å². The lowest BCUT2D eigenvalue weighted by molar-refractivity contribution is -0.126. The van der Waals surface area contributed by atoms with Crippen molar-refractivity contribution in [2.75, 3.05) is 13.2 Å². The molecule has 0 heterocycles. The molecule has 0 radical (unpaired) electrons. The highest BCUT2D eigenvalue weighted by Crippen LogP contribution is 2.41. The van der Waals surface area contributed by atoms with Crippen molar-refractivity contribution in [1.29, 1.82) is 0 Å². The Morgan fingerprint density at radius 3 is 2.67 bits per heavy atom. The Morgan fingerprint density at radius 2 is 2.11 bits per heavy atom. The molecule has 1 aliphatic rings. The second-order valence-electron chi connectivity index (χ2n) is 4.57. The second-order valence-corrected chi connectivity index (χ2v) is 5.01. The molecule has 1 aliphatic carbocycles. The summed E-state index contributed by atoms with van der Waals surface area (Å²) in [4.78, 5) is 11.7. The smallest absolute Gasteiger partial charge is 0.246 e. The standard InChI is InChI=1S/C14H18ClNO2/c1-2-18-9-13(17)16-14(10-3-4-10)11-5-7-12(15)8-6-11/h5-8,10,14H,2-4,9H2,1H3,(H,16,17). The van der Waals surface area contributed by atoms with Crippen molar-refractivity contribution in [2.45, 2.75) is 25.8 Å². The van der Waals surface area contributed by atoms with Crippen LogP contribution in [0.3, 0.4) is 0 Å². The largest absolute Gasteiger partial charge is 0.372 e. The van der Waals surface area contributed by atoms with E-state index in [-0.39, 0.29) is 18.6 Å². The number of carbonyl (C=O) groups excluding carboxylic acids is 1. The Kier molecular flexibility index (Phi) is 4.61. The lowest BCUT2D eigenvalue weighted by Crippen LogP contribution is -2.32. The minimum atomic E-state index is -0.0521. The van der Waals surface area contributed by atoms with E-state index in [1.807, 2.05) is 31.2 Å². The molecule has 0 aliphatic heterocycles. The van der Waals surface area contributed by atoms with Gasteiger partial charge >= 0.3 is 0 Å². The van der Waals surface area contributed by atoms with E-state index in [1.165, 1.54) is 12.8 Å². The Balaban J connectivity index is 2.00. The zero-order valence-corrected chi connectivity index (χ0v) is 11.2. The molecule has 1 unspecified atom stereocenters. The second kappa shape index (κ2) is 6.21. The van der Waals surface area contributed by atoms with Gasteiger partial charge < -0.3 is 10.1 Å². The van der Waals surface area contributed by atoms with E-state index in [0.29, 0.717) is 17.5 Å². The number of halogens is 1. The third-order valence-corrected chi connectivity index (χ3v) is 3.33. The van der Waals surface area contributed by atoms with E-state index >= 15 is 0 Å². The van der Waals surface area contributed by atoms with Crippen molar-refractivity contribution in [3.05, 3.63) is 34.9 Å². The first-order valence-corrected chi connectivity index (χ1v) is 6.71. The fourth-order valence-corrected chi connectivity index (χ4v) is 2.11. The molecule has 1 saturated carbocycles. The minimum absolute atomic E-state index is 0.0521. The molecule has 18 heavy (non-hydrogen) atoms. The molecule has 0 aromatic heterocycles. The zero-order chi connectivity index (χ0) is 13.0. The maximum absolute atomic E-state index is 11.7. The third-order valence-electron chi connectivity index (χ3n) is 3.08. The predicted molar refractivity (Wildman–Crippen MR) is 71.6 cm³/mol. The van der Waals surface area contributed by atoms with E-state index in [2.05, 4.69) is 5.32 Å². The molecule has 3 nitrogen and oxygen atoms in total. The van der Waals surface area contributed by atoms with Crippen molar-refractivity contribution in [2.24, 2.45) is 5.92 Å². The lowest BCUT2D eigenvalue weighted by Gasteiger charge is -2.18. The van der Waals surface area contributed by atoms with Gasteiger partial charge in [-0.3, -0.25) is 4.79 Å². The first kappa shape index (κ1) is 13.4. The van der Waals surface area contributed by atoms with Crippen molar-refractivity contribution in [3.63, 3.8) is 0 Å². The molecule has 1 amide bonds. The van der Waals surface area contributed by atoms with Crippen LogP contribution in [0.1, 0.15) is 31.4 Å². The third kappa shape index (κ3) is 3.72. The summed E-state index contributed by atoms with van der Waals surface area (Å²) in [7, 11) is 0. The summed E-state index contributed by atoms with van der Waals surface area (Å²) in [5, 5.41) is 3.76. The first-order valence-electron chi connectivity index (χ1n) is 6.33. The molecular formula is C14H18ClNO2. The highest BCUT2D eigenvalue weighted by molar-refractivity contribution is 6.30. The van der Waals surface area contributed by atoms with Gasteiger partial charge in [0.15, 0.2) is 0 Å². The molecule has 1 fully saturated rings. The number of carbonyl (C=O) groups is 1. The van der Waals surface area contributed by atoms with Gasteiger partial charge in [-0.2, -0.15) is 0 Å². The summed E-state index contributed by atoms with van der Waals surface area (Å²) in [5.41, 5.74) is 1.12. The van der Waals surface area contributed by atoms with Crippen molar-refractivity contribution in [3.8, 4) is 0 Å². The Hall–Kier alpha value is -1.06. The van der Waals surface area contributed by atoms with Crippen LogP contribution in [0.5, 0.6) is 0 Å². The van der Waals surface area contributed by atoms with Gasteiger partial charge in [-0.25, -0.2) is 0 Å². The van der Waals surface area contributed by atoms with Gasteiger partial charge in [0.25, 0.3) is 0 Å². The van der Waals surface area contributed by atoms with Crippen molar-refractivity contribution in [1.82, 2.24) is 5.32 Å². The van der Waals surface area contributed by atoms with Crippen LogP contribution in [0, 0.1) is 5.92 Å². The molecule has 0 saturated heterocycles. The quantitative estimate of drug-likeness (QED) is 0.861. The molecule has 1 aromatic rings. The predicted octanol–water partition coefficient (Wildman–Crippen LogP) is 2.94. The highest BCUT2D eigenvalue weighted by Gasteiger charge is 2.33. The average molecular weight is 268 g/mol. The molecule has 98 valence electrons. The monoisotopic (exact) mass is 267 g/mol. The van der Waals surface area contributed by atoms with E-state index in [9.17, 15) is 4.79 Å². The maximum atomic E-state index is 11.7. The average Bonchev–Trinajstić information content (AvgIpc) is 3.19. The minimum Gasteiger partial charge on any atom is -0.372 e. The van der Waals surface area contributed by atoms with Gasteiger partial charge in [0, 0.05) is 11.6 Å². The first-order chi connectivity index (χ1) is 8.70. The number of hydrogen-bond donors (Lipinski definition) is 1. The summed E-state index contributed by atoms with van der Waals surface area (Å²) in [6, 6.07) is 7.77. The van der Waals surface area contributed by atoms with Crippen LogP contribution >= 0.6 is 11.6 Å². The van der Waals surface area contributed by atoms with Crippen molar-refractivity contribution >= 4 is 17.5 Å². The number of amides is 1. The Labute approximate surface area is 112 Å². The zero-order valence-electron chi connectivity index (χ0n) is 10.5. The van der Waals surface area contributed by atoms with Crippen LogP contribution in [0.4, 0.5) is 0 Å². The number of rotatable bonds is 6. The van der Waals surface area contributed by atoms with Crippen LogP contribution in [-0.4, -0.2) is 19.1 Å². The normalized spacial score (nSPS) is 16.3. The van der Waals surface area contributed by atoms with Gasteiger partial charge in [-0.05, 0) is 43.4 Å². The maximum Gasteiger partial charge on any atom is 0.246 e. The van der Waals surface area contributed by atoms with Crippen LogP contribution in [0.2, 0.25) is 5.02 Å². The molecule has 1 atom stereocenters. The van der Waals surface area contributed by atoms with Crippen LogP contribution < -0.4 is 5.32 Å². The lowest BCUT2D eigenvalue weighted by atomic mass is 10.0. The van der Waals surface area contributed by atoms with Gasteiger partial charge in [0.2, 0.25) is 5.91 Å². The topological polar surface area (TPSA) is 38.3 Å². The number of hydrogen-bond acceptors (Lipinski definition) is 2. The van der Waals surface area contributed by atoms with E-state index < -0.39 is 0 Å². The molecule has 1 aromatic carbocycles. The Morgan fingerprint density at radius 1 is 1.44 bits per heavy atom. The number of ether oxygens (including phenoxy) is 1. The number of benzene rings is 1. The summed E-state index contributed by atoms with van der Waals surface area (Å²) < 4.78 is 5.12. The van der Waals surface area contributed by atoms with E-state index in [4.69, 9.17) is 16.3 Å². The number of nitrogens with one attached hydrogen (secondary N) is 1. The highest BCUT2D eigenvalue weighted by atomic mass is 35.5. The van der Waals surface area contributed by atoms with Crippen LogP contribution in [-0.2, 0) is 9.53 Å².